The fraction of sp³-hybridized carbons (Fsp3) is 0.154. The van der Waals surface area contributed by atoms with Crippen LogP contribution < -0.4 is 0 Å². The monoisotopic (exact) mass is 431 g/mol. The molecule has 8 heteroatoms. The summed E-state index contributed by atoms with van der Waals surface area (Å²) in [6.07, 6.45) is 1.83. The molecule has 0 unspecified atom stereocenters. The van der Waals surface area contributed by atoms with Gasteiger partial charge < -0.3 is 9.67 Å². The SMILES string of the molecule is O=C(O)CSc1nc2cc(I)ccc2n1Cc1cncs1. The zero-order chi connectivity index (χ0) is 14.8. The maximum Gasteiger partial charge on any atom is 0.313 e. The lowest BCUT2D eigenvalue weighted by Crippen LogP contribution is -2.03. The number of hydrogen-bond acceptors (Lipinski definition) is 5. The first-order valence-electron chi connectivity index (χ1n) is 6.01. The number of rotatable bonds is 5. The number of benzene rings is 1. The number of fused-ring (bicyclic) bond motifs is 1. The number of carbonyl (C=O) groups is 1. The number of hydrogen-bond donors (Lipinski definition) is 1. The molecule has 3 rings (SSSR count). The van der Waals surface area contributed by atoms with Gasteiger partial charge in [-0.05, 0) is 40.8 Å². The largest absolute Gasteiger partial charge is 0.481 e. The van der Waals surface area contributed by atoms with Crippen LogP contribution in [0.1, 0.15) is 4.88 Å². The van der Waals surface area contributed by atoms with Crippen molar-refractivity contribution in [2.24, 2.45) is 0 Å². The summed E-state index contributed by atoms with van der Waals surface area (Å²) in [5, 5.41) is 9.60. The van der Waals surface area contributed by atoms with E-state index in [2.05, 4.69) is 32.6 Å². The van der Waals surface area contributed by atoms with Crippen molar-refractivity contribution < 1.29 is 9.90 Å². The van der Waals surface area contributed by atoms with Crippen LogP contribution in [0.5, 0.6) is 0 Å². The minimum Gasteiger partial charge on any atom is -0.481 e. The number of thiazole rings is 1. The summed E-state index contributed by atoms with van der Waals surface area (Å²) in [6.45, 7) is 0.656. The molecule has 0 radical (unpaired) electrons. The molecule has 21 heavy (non-hydrogen) atoms. The predicted octanol–water partition coefficient (Wildman–Crippen LogP) is 3.32. The lowest BCUT2D eigenvalue weighted by Gasteiger charge is -2.06. The van der Waals surface area contributed by atoms with E-state index in [0.717, 1.165) is 24.6 Å². The predicted molar refractivity (Wildman–Crippen MR) is 92.0 cm³/mol. The Morgan fingerprint density at radius 1 is 1.48 bits per heavy atom. The van der Waals surface area contributed by atoms with Gasteiger partial charge in [0.2, 0.25) is 0 Å². The second-order valence-corrected chi connectivity index (χ2v) is 7.42. The highest BCUT2D eigenvalue weighted by Gasteiger charge is 2.14. The van der Waals surface area contributed by atoms with E-state index >= 15 is 0 Å². The minimum atomic E-state index is -0.842. The van der Waals surface area contributed by atoms with Gasteiger partial charge in [0.1, 0.15) is 0 Å². The van der Waals surface area contributed by atoms with Crippen molar-refractivity contribution in [2.45, 2.75) is 11.7 Å². The van der Waals surface area contributed by atoms with Crippen molar-refractivity contribution in [2.75, 3.05) is 5.75 Å². The van der Waals surface area contributed by atoms with Gasteiger partial charge in [0, 0.05) is 14.6 Å². The molecule has 2 aromatic heterocycles. The summed E-state index contributed by atoms with van der Waals surface area (Å²) >= 11 is 5.07. The first kappa shape index (κ1) is 14.8. The molecule has 0 aliphatic carbocycles. The van der Waals surface area contributed by atoms with Crippen molar-refractivity contribution in [1.29, 1.82) is 0 Å². The standard InChI is InChI=1S/C13H10IN3O2S2/c14-8-1-2-11-10(3-8)16-13(20-6-12(18)19)17(11)5-9-4-15-7-21-9/h1-4,7H,5-6H2,(H,18,19). The number of thioether (sulfide) groups is 1. The maximum absolute atomic E-state index is 10.8. The Bertz CT molecular complexity index is 786. The molecule has 1 N–H and O–H groups in total. The Labute approximate surface area is 142 Å². The molecule has 3 aromatic rings. The third kappa shape index (κ3) is 3.38. The second kappa shape index (κ2) is 6.32. The number of carboxylic acids is 1. The van der Waals surface area contributed by atoms with Crippen LogP contribution in [0.3, 0.4) is 0 Å². The lowest BCUT2D eigenvalue weighted by molar-refractivity contribution is -0.133. The molecule has 0 saturated heterocycles. The molecule has 0 amide bonds. The molecule has 108 valence electrons. The highest BCUT2D eigenvalue weighted by Crippen LogP contribution is 2.27. The van der Waals surface area contributed by atoms with Crippen LogP contribution in [0.25, 0.3) is 11.0 Å². The van der Waals surface area contributed by atoms with Crippen molar-refractivity contribution in [3.05, 3.63) is 38.4 Å². The van der Waals surface area contributed by atoms with Gasteiger partial charge >= 0.3 is 5.97 Å². The van der Waals surface area contributed by atoms with E-state index in [4.69, 9.17) is 5.11 Å². The molecular formula is C13H10IN3O2S2. The van der Waals surface area contributed by atoms with Crippen LogP contribution in [0.15, 0.2) is 35.1 Å². The van der Waals surface area contributed by atoms with Gasteiger partial charge in [0.05, 0.1) is 28.8 Å². The average molecular weight is 431 g/mol. The number of carboxylic acid groups (broad SMARTS) is 1. The molecule has 0 saturated carbocycles. The summed E-state index contributed by atoms with van der Waals surface area (Å²) in [7, 11) is 0. The summed E-state index contributed by atoms with van der Waals surface area (Å²) in [4.78, 5) is 20.6. The highest BCUT2D eigenvalue weighted by molar-refractivity contribution is 14.1. The van der Waals surface area contributed by atoms with Crippen LogP contribution >= 0.6 is 45.7 Å². The summed E-state index contributed by atoms with van der Waals surface area (Å²) in [5.41, 5.74) is 3.69. The number of nitrogens with zero attached hydrogens (tertiary/aromatic N) is 3. The topological polar surface area (TPSA) is 68.0 Å². The quantitative estimate of drug-likeness (QED) is 0.496. The van der Waals surface area contributed by atoms with Crippen LogP contribution in [0.2, 0.25) is 0 Å². The third-order valence-electron chi connectivity index (χ3n) is 2.80. The van der Waals surface area contributed by atoms with Gasteiger partial charge in [-0.3, -0.25) is 9.78 Å². The first-order chi connectivity index (χ1) is 10.1. The second-order valence-electron chi connectivity index (χ2n) is 4.26. The molecular weight excluding hydrogens is 421 g/mol. The van der Waals surface area contributed by atoms with E-state index < -0.39 is 5.97 Å². The highest BCUT2D eigenvalue weighted by atomic mass is 127. The molecule has 0 atom stereocenters. The summed E-state index contributed by atoms with van der Waals surface area (Å²) in [6, 6.07) is 6.05. The Morgan fingerprint density at radius 3 is 3.05 bits per heavy atom. The molecule has 0 fully saturated rings. The molecule has 1 aromatic carbocycles. The number of aromatic nitrogens is 3. The van der Waals surface area contributed by atoms with E-state index in [-0.39, 0.29) is 5.75 Å². The van der Waals surface area contributed by atoms with Crippen LogP contribution in [0.4, 0.5) is 0 Å². The molecule has 5 nitrogen and oxygen atoms in total. The van der Waals surface area contributed by atoms with Crippen molar-refractivity contribution in [3.8, 4) is 0 Å². The van der Waals surface area contributed by atoms with Gasteiger partial charge in [-0.2, -0.15) is 0 Å². The summed E-state index contributed by atoms with van der Waals surface area (Å²) < 4.78 is 3.16. The average Bonchev–Trinajstić information content (AvgIpc) is 3.05. The Hall–Kier alpha value is -1.13. The fourth-order valence-corrected chi connectivity index (χ4v) is 3.74. The van der Waals surface area contributed by atoms with Crippen LogP contribution in [-0.2, 0) is 11.3 Å². The van der Waals surface area contributed by atoms with Gasteiger partial charge in [-0.1, -0.05) is 11.8 Å². The maximum atomic E-state index is 10.8. The van der Waals surface area contributed by atoms with E-state index in [0.29, 0.717) is 6.54 Å². The van der Waals surface area contributed by atoms with Crippen LogP contribution in [-0.4, -0.2) is 31.4 Å². The normalized spacial score (nSPS) is 11.1. The first-order valence-corrected chi connectivity index (χ1v) is 8.95. The molecule has 0 spiro atoms. The molecule has 2 heterocycles. The Balaban J connectivity index is 2.03. The van der Waals surface area contributed by atoms with Gasteiger partial charge in [-0.25, -0.2) is 4.98 Å². The lowest BCUT2D eigenvalue weighted by atomic mass is 10.3. The molecule has 0 bridgehead atoms. The van der Waals surface area contributed by atoms with Crippen molar-refractivity contribution in [3.63, 3.8) is 0 Å². The van der Waals surface area contributed by atoms with Gasteiger partial charge in [-0.15, -0.1) is 11.3 Å². The molecule has 0 aliphatic heterocycles. The Morgan fingerprint density at radius 2 is 2.33 bits per heavy atom. The third-order valence-corrected chi connectivity index (χ3v) is 5.19. The van der Waals surface area contributed by atoms with E-state index in [1.165, 1.54) is 11.8 Å². The van der Waals surface area contributed by atoms with Gasteiger partial charge in [0.15, 0.2) is 5.16 Å². The van der Waals surface area contributed by atoms with Gasteiger partial charge in [0.25, 0.3) is 0 Å². The smallest absolute Gasteiger partial charge is 0.313 e. The van der Waals surface area contributed by atoms with Crippen LogP contribution in [0, 0.1) is 3.57 Å². The van der Waals surface area contributed by atoms with Crippen molar-refractivity contribution >= 4 is 62.7 Å². The number of aliphatic carboxylic acids is 1. The zero-order valence-electron chi connectivity index (χ0n) is 10.7. The Kier molecular flexibility index (Phi) is 4.45. The zero-order valence-corrected chi connectivity index (χ0v) is 14.5. The van der Waals surface area contributed by atoms with Crippen molar-refractivity contribution in [1.82, 2.24) is 14.5 Å². The number of imidazole rings is 1. The van der Waals surface area contributed by atoms with E-state index in [1.807, 2.05) is 29.0 Å². The molecule has 0 aliphatic rings. The fourth-order valence-electron chi connectivity index (χ4n) is 1.95. The summed E-state index contributed by atoms with van der Waals surface area (Å²) in [5.74, 6) is -0.839. The van der Waals surface area contributed by atoms with E-state index in [1.54, 1.807) is 16.8 Å². The van der Waals surface area contributed by atoms with E-state index in [9.17, 15) is 4.79 Å². The minimum absolute atomic E-state index is 0.00308. The number of halogens is 1.